The van der Waals surface area contributed by atoms with E-state index in [4.69, 9.17) is 15.2 Å². The predicted molar refractivity (Wildman–Crippen MR) is 80.0 cm³/mol. The molecule has 0 bridgehead atoms. The second-order valence-corrected chi connectivity index (χ2v) is 6.42. The average molecular weight is 275 g/mol. The molecule has 1 aliphatic heterocycles. The van der Waals surface area contributed by atoms with Crippen LogP contribution in [0.5, 0.6) is 5.75 Å². The molecule has 3 atom stereocenters. The minimum Gasteiger partial charge on any atom is -0.493 e. The Morgan fingerprint density at radius 1 is 1.35 bits per heavy atom. The summed E-state index contributed by atoms with van der Waals surface area (Å²) in [6.07, 6.45) is 4.48. The van der Waals surface area contributed by atoms with Gasteiger partial charge in [-0.2, -0.15) is 0 Å². The summed E-state index contributed by atoms with van der Waals surface area (Å²) < 4.78 is 12.0. The molecule has 2 N–H and O–H groups in total. The summed E-state index contributed by atoms with van der Waals surface area (Å²) in [4.78, 5) is 0. The van der Waals surface area contributed by atoms with Gasteiger partial charge >= 0.3 is 0 Å². The minimum atomic E-state index is -0.0767. The van der Waals surface area contributed by atoms with E-state index < -0.39 is 0 Å². The highest BCUT2D eigenvalue weighted by Gasteiger charge is 2.38. The second kappa shape index (κ2) is 5.74. The maximum atomic E-state index is 6.33. The lowest BCUT2D eigenvalue weighted by Gasteiger charge is -2.32. The number of hydrogen-bond acceptors (Lipinski definition) is 3. The second-order valence-electron chi connectivity index (χ2n) is 6.42. The van der Waals surface area contributed by atoms with E-state index in [1.54, 1.807) is 0 Å². The van der Waals surface area contributed by atoms with Crippen LogP contribution in [0.1, 0.15) is 44.1 Å². The van der Waals surface area contributed by atoms with Gasteiger partial charge in [-0.05, 0) is 43.2 Å². The quantitative estimate of drug-likeness (QED) is 0.918. The van der Waals surface area contributed by atoms with Crippen molar-refractivity contribution in [2.75, 3.05) is 19.8 Å². The lowest BCUT2D eigenvalue weighted by atomic mass is 9.93. The van der Waals surface area contributed by atoms with E-state index >= 15 is 0 Å². The molecule has 1 aliphatic carbocycles. The summed E-state index contributed by atoms with van der Waals surface area (Å²) in [6, 6.07) is 8.33. The highest BCUT2D eigenvalue weighted by atomic mass is 16.5. The minimum absolute atomic E-state index is 0.0767. The van der Waals surface area contributed by atoms with E-state index in [2.05, 4.69) is 25.1 Å². The maximum absolute atomic E-state index is 6.33. The number of ether oxygens (including phenoxy) is 2. The van der Waals surface area contributed by atoms with Gasteiger partial charge in [-0.15, -0.1) is 0 Å². The number of benzene rings is 1. The summed E-state index contributed by atoms with van der Waals surface area (Å²) in [5.74, 6) is 2.20. The van der Waals surface area contributed by atoms with E-state index in [9.17, 15) is 0 Å². The molecule has 0 amide bonds. The van der Waals surface area contributed by atoms with Gasteiger partial charge in [0.25, 0.3) is 0 Å². The fourth-order valence-electron chi connectivity index (χ4n) is 3.59. The van der Waals surface area contributed by atoms with Crippen molar-refractivity contribution in [3.63, 3.8) is 0 Å². The van der Waals surface area contributed by atoms with Crippen LogP contribution in [0.4, 0.5) is 0 Å². The Bertz CT molecular complexity index is 462. The molecule has 110 valence electrons. The van der Waals surface area contributed by atoms with Gasteiger partial charge in [-0.25, -0.2) is 0 Å². The Balaban J connectivity index is 1.67. The number of hydrogen-bond donors (Lipinski definition) is 1. The fraction of sp³-hybridized carbons (Fsp3) is 0.647. The molecule has 1 aromatic carbocycles. The van der Waals surface area contributed by atoms with Crippen molar-refractivity contribution < 1.29 is 9.47 Å². The average Bonchev–Trinajstić information content (AvgIpc) is 2.87. The van der Waals surface area contributed by atoms with Crippen LogP contribution in [0.15, 0.2) is 24.3 Å². The predicted octanol–water partition coefficient (Wildman–Crippen LogP) is 3.09. The third kappa shape index (κ3) is 2.70. The molecule has 3 rings (SSSR count). The first-order valence-corrected chi connectivity index (χ1v) is 7.78. The lowest BCUT2D eigenvalue weighted by molar-refractivity contribution is -0.0457. The molecule has 0 spiro atoms. The van der Waals surface area contributed by atoms with Crippen molar-refractivity contribution in [3.8, 4) is 5.75 Å². The summed E-state index contributed by atoms with van der Waals surface area (Å²) >= 11 is 0. The van der Waals surface area contributed by atoms with Gasteiger partial charge in [0.2, 0.25) is 0 Å². The van der Waals surface area contributed by atoms with E-state index in [1.807, 2.05) is 6.07 Å². The molecule has 1 aromatic rings. The van der Waals surface area contributed by atoms with Crippen LogP contribution in [0.25, 0.3) is 0 Å². The van der Waals surface area contributed by atoms with Crippen molar-refractivity contribution in [1.82, 2.24) is 0 Å². The molecule has 1 saturated carbocycles. The van der Waals surface area contributed by atoms with Gasteiger partial charge in [-0.3, -0.25) is 0 Å². The summed E-state index contributed by atoms with van der Waals surface area (Å²) in [5.41, 5.74) is 7.20. The number of fused-ring (bicyclic) bond motifs is 1. The zero-order valence-corrected chi connectivity index (χ0v) is 12.3. The molecule has 2 aliphatic rings. The first-order chi connectivity index (χ1) is 9.72. The smallest absolute Gasteiger partial charge is 0.122 e. The molecule has 3 heteroatoms. The van der Waals surface area contributed by atoms with Crippen LogP contribution in [0, 0.1) is 5.92 Å². The molecule has 0 radical (unpaired) electrons. The molecule has 1 fully saturated rings. The largest absolute Gasteiger partial charge is 0.493 e. The van der Waals surface area contributed by atoms with Gasteiger partial charge in [0.1, 0.15) is 5.75 Å². The molecule has 1 heterocycles. The highest BCUT2D eigenvalue weighted by molar-refractivity contribution is 5.37. The summed E-state index contributed by atoms with van der Waals surface area (Å²) in [7, 11) is 0. The van der Waals surface area contributed by atoms with Crippen molar-refractivity contribution in [1.29, 1.82) is 0 Å². The van der Waals surface area contributed by atoms with Crippen LogP contribution in [0.2, 0.25) is 0 Å². The maximum Gasteiger partial charge on any atom is 0.122 e. The fourth-order valence-corrected chi connectivity index (χ4v) is 3.59. The number of para-hydroxylation sites is 1. The molecule has 3 nitrogen and oxygen atoms in total. The Labute approximate surface area is 121 Å². The van der Waals surface area contributed by atoms with Gasteiger partial charge in [-0.1, -0.05) is 25.1 Å². The summed E-state index contributed by atoms with van der Waals surface area (Å²) in [5, 5.41) is 0. The molecule has 0 aromatic heterocycles. The van der Waals surface area contributed by atoms with E-state index in [0.717, 1.165) is 44.1 Å². The molecule has 0 saturated heterocycles. The normalized spacial score (nSPS) is 32.7. The topological polar surface area (TPSA) is 44.5 Å². The SMILES string of the molecule is CC1CCC(CN)(OCC2CCOc3ccccc32)C1. The van der Waals surface area contributed by atoms with Crippen LogP contribution >= 0.6 is 0 Å². The Morgan fingerprint density at radius 3 is 2.95 bits per heavy atom. The molecule has 3 unspecified atom stereocenters. The standard InChI is InChI=1S/C17H25NO2/c1-13-6-8-17(10-13,12-18)20-11-14-7-9-19-16-5-3-2-4-15(14)16/h2-5,13-14H,6-12,18H2,1H3. The van der Waals surface area contributed by atoms with Gasteiger partial charge in [0.15, 0.2) is 0 Å². The highest BCUT2D eigenvalue weighted by Crippen LogP contribution is 2.39. The number of rotatable bonds is 4. The Morgan fingerprint density at radius 2 is 2.20 bits per heavy atom. The van der Waals surface area contributed by atoms with Gasteiger partial charge in [0, 0.05) is 12.5 Å². The van der Waals surface area contributed by atoms with Crippen LogP contribution < -0.4 is 10.5 Å². The monoisotopic (exact) mass is 275 g/mol. The molecule has 20 heavy (non-hydrogen) atoms. The zero-order chi connectivity index (χ0) is 14.0. The van der Waals surface area contributed by atoms with E-state index in [-0.39, 0.29) is 5.60 Å². The van der Waals surface area contributed by atoms with Gasteiger partial charge in [0.05, 0.1) is 18.8 Å². The van der Waals surface area contributed by atoms with Crippen molar-refractivity contribution >= 4 is 0 Å². The van der Waals surface area contributed by atoms with E-state index in [1.165, 1.54) is 12.0 Å². The van der Waals surface area contributed by atoms with Crippen molar-refractivity contribution in [2.24, 2.45) is 11.7 Å². The van der Waals surface area contributed by atoms with E-state index in [0.29, 0.717) is 12.5 Å². The lowest BCUT2D eigenvalue weighted by Crippen LogP contribution is -2.39. The molecular weight excluding hydrogens is 250 g/mol. The Kier molecular flexibility index (Phi) is 3.99. The Hall–Kier alpha value is -1.06. The zero-order valence-electron chi connectivity index (χ0n) is 12.3. The van der Waals surface area contributed by atoms with Gasteiger partial charge < -0.3 is 15.2 Å². The first-order valence-electron chi connectivity index (χ1n) is 7.78. The van der Waals surface area contributed by atoms with Crippen LogP contribution in [0.3, 0.4) is 0 Å². The molecular formula is C17H25NO2. The van der Waals surface area contributed by atoms with Crippen molar-refractivity contribution in [2.45, 2.75) is 44.1 Å². The first kappa shape index (κ1) is 13.9. The third-order valence-corrected chi connectivity index (χ3v) is 4.86. The number of nitrogens with two attached hydrogens (primary N) is 1. The van der Waals surface area contributed by atoms with Crippen LogP contribution in [-0.4, -0.2) is 25.4 Å². The van der Waals surface area contributed by atoms with Crippen molar-refractivity contribution in [3.05, 3.63) is 29.8 Å². The summed E-state index contributed by atoms with van der Waals surface area (Å²) in [6.45, 7) is 4.49. The van der Waals surface area contributed by atoms with Crippen LogP contribution in [-0.2, 0) is 4.74 Å². The third-order valence-electron chi connectivity index (χ3n) is 4.86.